The van der Waals surface area contributed by atoms with E-state index in [1.165, 1.54) is 12.1 Å². The highest BCUT2D eigenvalue weighted by atomic mass is 35.5. The van der Waals surface area contributed by atoms with Crippen LogP contribution < -0.4 is 0 Å². The smallest absolute Gasteiger partial charge is 0.364 e. The van der Waals surface area contributed by atoms with Crippen LogP contribution in [0.5, 0.6) is 0 Å². The zero-order valence-corrected chi connectivity index (χ0v) is 7.25. The summed E-state index contributed by atoms with van der Waals surface area (Å²) in [5.41, 5.74) is 0.462. The van der Waals surface area contributed by atoms with E-state index in [9.17, 15) is 9.18 Å². The molecule has 0 aliphatic carbocycles. The number of aliphatic carboxylic acids is 1. The van der Waals surface area contributed by atoms with Crippen LogP contribution in [0.2, 0.25) is 5.02 Å². The molecule has 0 radical (unpaired) electrons. The van der Waals surface area contributed by atoms with Crippen LogP contribution >= 0.6 is 11.6 Å². The summed E-state index contributed by atoms with van der Waals surface area (Å²) in [5.74, 6) is -2.77. The minimum absolute atomic E-state index is 0.462. The Labute approximate surface area is 79.3 Å². The lowest BCUT2D eigenvalue weighted by atomic mass is 10.2. The molecule has 0 heterocycles. The van der Waals surface area contributed by atoms with Gasteiger partial charge in [-0.3, -0.25) is 0 Å². The average Bonchev–Trinajstić information content (AvgIpc) is 2.08. The van der Waals surface area contributed by atoms with Crippen molar-refractivity contribution in [2.75, 3.05) is 0 Å². The molecule has 0 bridgehead atoms. The van der Waals surface area contributed by atoms with Crippen LogP contribution in [0, 0.1) is 0 Å². The van der Waals surface area contributed by atoms with Crippen molar-refractivity contribution in [3.05, 3.63) is 40.7 Å². The van der Waals surface area contributed by atoms with Gasteiger partial charge in [-0.1, -0.05) is 23.7 Å². The summed E-state index contributed by atoms with van der Waals surface area (Å²) in [6.07, 6.45) is 0.929. The predicted molar refractivity (Wildman–Crippen MR) is 48.2 cm³/mol. The summed E-state index contributed by atoms with van der Waals surface area (Å²) in [5, 5.41) is 8.75. The molecule has 1 N–H and O–H groups in total. The first-order valence-corrected chi connectivity index (χ1v) is 3.83. The fourth-order valence-electron chi connectivity index (χ4n) is 0.767. The average molecular weight is 201 g/mol. The van der Waals surface area contributed by atoms with Gasteiger partial charge in [-0.15, -0.1) is 0 Å². The molecule has 2 nitrogen and oxygen atoms in total. The number of carboxylic acids is 1. The van der Waals surface area contributed by atoms with E-state index < -0.39 is 11.8 Å². The minimum Gasteiger partial charge on any atom is -0.476 e. The highest BCUT2D eigenvalue weighted by Gasteiger charge is 2.04. The molecule has 68 valence electrons. The van der Waals surface area contributed by atoms with Gasteiger partial charge in [-0.2, -0.15) is 4.39 Å². The molecular weight excluding hydrogens is 195 g/mol. The van der Waals surface area contributed by atoms with Crippen molar-refractivity contribution >= 4 is 23.6 Å². The van der Waals surface area contributed by atoms with E-state index in [1.54, 1.807) is 12.1 Å². The number of halogens is 2. The molecule has 0 unspecified atom stereocenters. The molecule has 0 saturated carbocycles. The van der Waals surface area contributed by atoms with Crippen molar-refractivity contribution in [3.63, 3.8) is 0 Å². The van der Waals surface area contributed by atoms with Crippen LogP contribution in [0.1, 0.15) is 5.56 Å². The third-order valence-electron chi connectivity index (χ3n) is 1.37. The highest BCUT2D eigenvalue weighted by Crippen LogP contribution is 2.12. The summed E-state index contributed by atoms with van der Waals surface area (Å²) >= 11 is 5.58. The normalized spacial score (nSPS) is 11.4. The maximum absolute atomic E-state index is 12.5. The number of benzene rings is 1. The van der Waals surface area contributed by atoms with Gasteiger partial charge in [0, 0.05) is 5.02 Å². The maximum Gasteiger partial charge on any atom is 0.364 e. The summed E-state index contributed by atoms with van der Waals surface area (Å²) in [6.45, 7) is 0. The number of rotatable bonds is 2. The van der Waals surface area contributed by atoms with E-state index in [1.807, 2.05) is 0 Å². The number of hydrogen-bond donors (Lipinski definition) is 1. The number of carboxylic acid groups (broad SMARTS) is 1. The van der Waals surface area contributed by atoms with E-state index in [2.05, 4.69) is 0 Å². The van der Waals surface area contributed by atoms with Gasteiger partial charge in [-0.05, 0) is 23.8 Å². The lowest BCUT2D eigenvalue weighted by Gasteiger charge is -1.93. The largest absolute Gasteiger partial charge is 0.476 e. The molecule has 0 spiro atoms. The quantitative estimate of drug-likeness (QED) is 0.746. The Morgan fingerprint density at radius 1 is 1.38 bits per heavy atom. The Hall–Kier alpha value is -1.35. The minimum atomic E-state index is -1.57. The van der Waals surface area contributed by atoms with Crippen LogP contribution in [0.15, 0.2) is 30.1 Å². The van der Waals surface area contributed by atoms with Crippen molar-refractivity contribution < 1.29 is 14.3 Å². The fraction of sp³-hybridized carbons (Fsp3) is 0. The van der Waals surface area contributed by atoms with Crippen LogP contribution in [-0.2, 0) is 4.79 Å². The van der Waals surface area contributed by atoms with Crippen molar-refractivity contribution in [3.8, 4) is 0 Å². The molecule has 0 saturated heterocycles. The van der Waals surface area contributed by atoms with Crippen molar-refractivity contribution in [2.45, 2.75) is 0 Å². The Kier molecular flexibility index (Phi) is 3.03. The van der Waals surface area contributed by atoms with Gasteiger partial charge in [-0.25, -0.2) is 4.79 Å². The summed E-state index contributed by atoms with van der Waals surface area (Å²) in [7, 11) is 0. The molecule has 0 atom stereocenters. The topological polar surface area (TPSA) is 37.3 Å². The van der Waals surface area contributed by atoms with E-state index >= 15 is 0 Å². The Morgan fingerprint density at radius 3 is 2.38 bits per heavy atom. The first-order valence-electron chi connectivity index (χ1n) is 3.45. The summed E-state index contributed by atoms with van der Waals surface area (Å²) in [6, 6.07) is 6.18. The van der Waals surface area contributed by atoms with Gasteiger partial charge < -0.3 is 5.11 Å². The van der Waals surface area contributed by atoms with Gasteiger partial charge in [0.25, 0.3) is 0 Å². The number of hydrogen-bond acceptors (Lipinski definition) is 1. The molecular formula is C9H6ClFO2. The molecule has 0 aromatic heterocycles. The van der Waals surface area contributed by atoms with E-state index in [0.717, 1.165) is 6.08 Å². The maximum atomic E-state index is 12.5. The molecule has 0 fully saturated rings. The van der Waals surface area contributed by atoms with Crippen LogP contribution in [-0.4, -0.2) is 11.1 Å². The van der Waals surface area contributed by atoms with E-state index in [4.69, 9.17) is 16.7 Å². The molecule has 0 aliphatic rings. The van der Waals surface area contributed by atoms with Gasteiger partial charge in [0.2, 0.25) is 5.83 Å². The van der Waals surface area contributed by atoms with E-state index in [0.29, 0.717) is 10.6 Å². The SMILES string of the molecule is O=C(O)/C(F)=C/c1ccc(Cl)cc1. The Bertz CT molecular complexity index is 343. The first-order chi connectivity index (χ1) is 6.09. The first kappa shape index (κ1) is 9.74. The lowest BCUT2D eigenvalue weighted by Crippen LogP contribution is -1.93. The molecule has 0 amide bonds. The van der Waals surface area contributed by atoms with Gasteiger partial charge >= 0.3 is 5.97 Å². The van der Waals surface area contributed by atoms with Gasteiger partial charge in [0.05, 0.1) is 0 Å². The molecule has 1 aromatic rings. The molecule has 13 heavy (non-hydrogen) atoms. The fourth-order valence-corrected chi connectivity index (χ4v) is 0.893. The molecule has 0 aliphatic heterocycles. The highest BCUT2D eigenvalue weighted by molar-refractivity contribution is 6.30. The number of carbonyl (C=O) groups is 1. The zero-order valence-electron chi connectivity index (χ0n) is 6.50. The van der Waals surface area contributed by atoms with Crippen molar-refractivity contribution in [1.29, 1.82) is 0 Å². The lowest BCUT2D eigenvalue weighted by molar-refractivity contribution is -0.134. The summed E-state index contributed by atoms with van der Waals surface area (Å²) < 4.78 is 12.5. The van der Waals surface area contributed by atoms with Crippen LogP contribution in [0.3, 0.4) is 0 Å². The second kappa shape index (κ2) is 4.05. The van der Waals surface area contributed by atoms with Crippen LogP contribution in [0.25, 0.3) is 6.08 Å². The Morgan fingerprint density at radius 2 is 1.92 bits per heavy atom. The third-order valence-corrected chi connectivity index (χ3v) is 1.62. The van der Waals surface area contributed by atoms with Gasteiger partial charge in [0.15, 0.2) is 0 Å². The molecule has 1 aromatic carbocycles. The third kappa shape index (κ3) is 2.87. The van der Waals surface area contributed by atoms with Gasteiger partial charge in [0.1, 0.15) is 0 Å². The Balaban J connectivity index is 2.92. The second-order valence-corrected chi connectivity index (χ2v) is 2.79. The second-order valence-electron chi connectivity index (χ2n) is 2.35. The standard InChI is InChI=1S/C9H6ClFO2/c10-7-3-1-6(2-4-7)5-8(11)9(12)13/h1-5H,(H,12,13)/b8-5-. The predicted octanol–water partition coefficient (Wildman–Crippen LogP) is 2.74. The molecule has 4 heteroatoms. The van der Waals surface area contributed by atoms with Crippen molar-refractivity contribution in [2.24, 2.45) is 0 Å². The van der Waals surface area contributed by atoms with Crippen molar-refractivity contribution in [1.82, 2.24) is 0 Å². The van der Waals surface area contributed by atoms with E-state index in [-0.39, 0.29) is 0 Å². The molecule has 1 rings (SSSR count). The zero-order chi connectivity index (χ0) is 9.84. The summed E-state index contributed by atoms with van der Waals surface area (Å²) in [4.78, 5) is 10.1. The van der Waals surface area contributed by atoms with Crippen LogP contribution in [0.4, 0.5) is 4.39 Å². The monoisotopic (exact) mass is 200 g/mol.